The lowest BCUT2D eigenvalue weighted by Gasteiger charge is -2.34. The fraction of sp³-hybridized carbons (Fsp3) is 0.806. The van der Waals surface area contributed by atoms with Gasteiger partial charge < -0.3 is 0 Å². The van der Waals surface area contributed by atoms with Crippen LogP contribution in [-0.4, -0.2) is 11.6 Å². The molecule has 0 aromatic rings. The van der Waals surface area contributed by atoms with Gasteiger partial charge in [0.2, 0.25) is 0 Å². The summed E-state index contributed by atoms with van der Waals surface area (Å²) in [6, 6.07) is 0. The Morgan fingerprint density at radius 1 is 0.818 bits per heavy atom. The molecule has 0 aromatic carbocycles. The van der Waals surface area contributed by atoms with E-state index in [2.05, 4.69) is 40.7 Å². The first-order chi connectivity index (χ1) is 15.7. The van der Waals surface area contributed by atoms with Crippen LogP contribution >= 0.6 is 0 Å². The lowest BCUT2D eigenvalue weighted by atomic mass is 9.67. The highest BCUT2D eigenvalue weighted by atomic mass is 16.1. The molecule has 2 heteroatoms. The summed E-state index contributed by atoms with van der Waals surface area (Å²) in [6.07, 6.45) is 18.7. The van der Waals surface area contributed by atoms with E-state index in [1.165, 1.54) is 56.9 Å². The molecular formula is C31H52O2. The topological polar surface area (TPSA) is 34.1 Å². The minimum absolute atomic E-state index is 0.0235. The Labute approximate surface area is 205 Å². The van der Waals surface area contributed by atoms with E-state index >= 15 is 0 Å². The van der Waals surface area contributed by atoms with Crippen molar-refractivity contribution in [3.05, 3.63) is 22.8 Å². The molecule has 0 bridgehead atoms. The minimum atomic E-state index is -0.0302. The normalized spacial score (nSPS) is 23.8. The Hall–Kier alpha value is -1.18. The van der Waals surface area contributed by atoms with Crippen LogP contribution in [0.15, 0.2) is 22.8 Å². The molecule has 2 rings (SSSR count). The van der Waals surface area contributed by atoms with Gasteiger partial charge in [0.25, 0.3) is 0 Å². The number of hydrogen-bond acceptors (Lipinski definition) is 2. The molecule has 0 aliphatic heterocycles. The van der Waals surface area contributed by atoms with Gasteiger partial charge in [-0.05, 0) is 69.3 Å². The molecule has 2 nitrogen and oxygen atoms in total. The van der Waals surface area contributed by atoms with Gasteiger partial charge in [0.05, 0.1) is 0 Å². The van der Waals surface area contributed by atoms with Gasteiger partial charge in [-0.15, -0.1) is 0 Å². The summed E-state index contributed by atoms with van der Waals surface area (Å²) in [5.74, 6) is 2.98. The van der Waals surface area contributed by atoms with Gasteiger partial charge in [-0.2, -0.15) is 0 Å². The summed E-state index contributed by atoms with van der Waals surface area (Å²) in [4.78, 5) is 25.8. The smallest absolute Gasteiger partial charge is 0.163 e. The van der Waals surface area contributed by atoms with E-state index in [1.807, 2.05) is 6.92 Å². The third kappa shape index (κ3) is 9.18. The Morgan fingerprint density at radius 3 is 1.91 bits per heavy atom. The van der Waals surface area contributed by atoms with Crippen LogP contribution in [0.5, 0.6) is 0 Å². The van der Waals surface area contributed by atoms with Gasteiger partial charge >= 0.3 is 0 Å². The highest BCUT2D eigenvalue weighted by Gasteiger charge is 2.41. The van der Waals surface area contributed by atoms with Crippen LogP contribution in [0.2, 0.25) is 0 Å². The van der Waals surface area contributed by atoms with E-state index in [1.54, 1.807) is 0 Å². The van der Waals surface area contributed by atoms with Crippen molar-refractivity contribution in [3.8, 4) is 0 Å². The molecule has 0 heterocycles. The van der Waals surface area contributed by atoms with Crippen LogP contribution in [0.1, 0.15) is 131 Å². The van der Waals surface area contributed by atoms with Crippen LogP contribution < -0.4 is 0 Å². The van der Waals surface area contributed by atoms with E-state index in [4.69, 9.17) is 0 Å². The number of carbonyl (C=O) groups excluding carboxylic acids is 2. The lowest BCUT2D eigenvalue weighted by Crippen LogP contribution is -2.39. The van der Waals surface area contributed by atoms with Gasteiger partial charge in [0.1, 0.15) is 0 Å². The molecule has 4 unspecified atom stereocenters. The summed E-state index contributed by atoms with van der Waals surface area (Å²) >= 11 is 0. The first kappa shape index (κ1) is 28.1. The number of carbonyl (C=O) groups is 2. The van der Waals surface area contributed by atoms with Crippen molar-refractivity contribution in [3.63, 3.8) is 0 Å². The molecule has 0 spiro atoms. The van der Waals surface area contributed by atoms with Crippen molar-refractivity contribution in [2.24, 2.45) is 29.6 Å². The maximum atomic E-state index is 13.0. The van der Waals surface area contributed by atoms with Crippen molar-refractivity contribution < 1.29 is 9.59 Å². The zero-order valence-corrected chi connectivity index (χ0v) is 22.7. The Bertz CT molecular complexity index is 696. The van der Waals surface area contributed by atoms with Crippen molar-refractivity contribution >= 4 is 11.6 Å². The lowest BCUT2D eigenvalue weighted by molar-refractivity contribution is -0.132. The third-order valence-corrected chi connectivity index (χ3v) is 8.35. The molecule has 2 aliphatic rings. The third-order valence-electron chi connectivity index (χ3n) is 8.35. The van der Waals surface area contributed by atoms with Crippen molar-refractivity contribution in [1.82, 2.24) is 0 Å². The molecule has 0 aromatic heterocycles. The van der Waals surface area contributed by atoms with Crippen LogP contribution in [0.3, 0.4) is 0 Å². The summed E-state index contributed by atoms with van der Waals surface area (Å²) in [5, 5.41) is 0. The second kappa shape index (κ2) is 14.3. The highest BCUT2D eigenvalue weighted by Crippen LogP contribution is 2.39. The predicted octanol–water partition coefficient (Wildman–Crippen LogP) is 9.04. The Kier molecular flexibility index (Phi) is 12.1. The van der Waals surface area contributed by atoms with E-state index in [-0.39, 0.29) is 23.4 Å². The molecule has 0 radical (unpaired) electrons. The molecule has 0 saturated heterocycles. The van der Waals surface area contributed by atoms with Crippen LogP contribution in [0, 0.1) is 29.6 Å². The standard InChI is InChI=1S/C31H52O2/c1-22(2)12-9-13-23(3)14-10-15-24(4)16-11-17-25(5)20-21-27-26(6)30(32)28-18-7-8-19-29(28)31(27)33/h20,22-24,28-29H,7-19,21H2,1-6H3/b25-20+. The molecule has 188 valence electrons. The largest absolute Gasteiger partial charge is 0.294 e. The molecule has 0 amide bonds. The monoisotopic (exact) mass is 456 g/mol. The summed E-state index contributed by atoms with van der Waals surface area (Å²) < 4.78 is 0. The van der Waals surface area contributed by atoms with Gasteiger partial charge in [0.15, 0.2) is 11.6 Å². The second-order valence-corrected chi connectivity index (χ2v) is 11.9. The zero-order chi connectivity index (χ0) is 24.4. The fourth-order valence-corrected chi connectivity index (χ4v) is 5.93. The van der Waals surface area contributed by atoms with Crippen LogP contribution in [-0.2, 0) is 9.59 Å². The Balaban J connectivity index is 1.68. The minimum Gasteiger partial charge on any atom is -0.294 e. The first-order valence-electron chi connectivity index (χ1n) is 14.1. The van der Waals surface area contributed by atoms with Gasteiger partial charge in [-0.25, -0.2) is 0 Å². The van der Waals surface area contributed by atoms with E-state index in [0.717, 1.165) is 61.0 Å². The first-order valence-corrected chi connectivity index (χ1v) is 14.1. The number of rotatable bonds is 14. The van der Waals surface area contributed by atoms with Gasteiger partial charge in [-0.3, -0.25) is 9.59 Å². The molecule has 0 N–H and O–H groups in total. The molecule has 1 fully saturated rings. The number of allylic oxidation sites excluding steroid dienone is 4. The maximum absolute atomic E-state index is 13.0. The summed E-state index contributed by atoms with van der Waals surface area (Å²) in [7, 11) is 0. The summed E-state index contributed by atoms with van der Waals surface area (Å²) in [5.41, 5.74) is 2.92. The SMILES string of the molecule is CC1=C(C/C=C(\C)CCCC(C)CCCC(C)CCCC(C)C)C(=O)C2CCCCC2C1=O. The average molecular weight is 457 g/mol. The number of fused-ring (bicyclic) bond motifs is 1. The van der Waals surface area contributed by atoms with Crippen molar-refractivity contribution in [1.29, 1.82) is 0 Å². The van der Waals surface area contributed by atoms with Gasteiger partial charge in [-0.1, -0.05) is 97.1 Å². The molecule has 1 saturated carbocycles. The molecule has 33 heavy (non-hydrogen) atoms. The van der Waals surface area contributed by atoms with Crippen LogP contribution in [0.4, 0.5) is 0 Å². The molecular weight excluding hydrogens is 404 g/mol. The van der Waals surface area contributed by atoms with E-state index in [9.17, 15) is 9.59 Å². The Morgan fingerprint density at radius 2 is 1.33 bits per heavy atom. The zero-order valence-electron chi connectivity index (χ0n) is 22.7. The summed E-state index contributed by atoms with van der Waals surface area (Å²) in [6.45, 7) is 13.6. The fourth-order valence-electron chi connectivity index (χ4n) is 5.93. The van der Waals surface area contributed by atoms with Crippen molar-refractivity contribution in [2.75, 3.05) is 0 Å². The van der Waals surface area contributed by atoms with Gasteiger partial charge in [0, 0.05) is 17.4 Å². The quantitative estimate of drug-likeness (QED) is 0.244. The van der Waals surface area contributed by atoms with E-state index < -0.39 is 0 Å². The number of ketones is 2. The highest BCUT2D eigenvalue weighted by molar-refractivity contribution is 6.13. The number of Topliss-reactive ketones (excluding diaryl/α,β-unsaturated/α-hetero) is 2. The second-order valence-electron chi connectivity index (χ2n) is 11.9. The average Bonchev–Trinajstić information content (AvgIpc) is 2.77. The van der Waals surface area contributed by atoms with E-state index in [0.29, 0.717) is 6.42 Å². The number of hydrogen-bond donors (Lipinski definition) is 0. The molecule has 4 atom stereocenters. The molecule has 2 aliphatic carbocycles. The predicted molar refractivity (Wildman–Crippen MR) is 141 cm³/mol. The van der Waals surface area contributed by atoms with Crippen LogP contribution in [0.25, 0.3) is 0 Å². The van der Waals surface area contributed by atoms with Crippen molar-refractivity contribution in [2.45, 2.75) is 131 Å². The maximum Gasteiger partial charge on any atom is 0.163 e.